The molecule has 0 fully saturated rings. The average molecular weight is 280 g/mol. The van der Waals surface area contributed by atoms with Crippen molar-refractivity contribution in [3.8, 4) is 11.8 Å². The van der Waals surface area contributed by atoms with Gasteiger partial charge in [0.1, 0.15) is 0 Å². The molecule has 4 nitrogen and oxygen atoms in total. The predicted octanol–water partition coefficient (Wildman–Crippen LogP) is 1.12. The molecule has 0 atom stereocenters. The molecule has 0 unspecified atom stereocenters. The van der Waals surface area contributed by atoms with E-state index < -0.39 is 0 Å². The highest BCUT2D eigenvalue weighted by Gasteiger charge is 2.13. The molecule has 5 heteroatoms. The van der Waals surface area contributed by atoms with Crippen molar-refractivity contribution in [2.75, 3.05) is 40.8 Å². The predicted molar refractivity (Wildman–Crippen MR) is 78.4 cm³/mol. The minimum atomic E-state index is 0.0297. The summed E-state index contributed by atoms with van der Waals surface area (Å²) < 4.78 is 0. The van der Waals surface area contributed by atoms with Crippen LogP contribution in [0.1, 0.15) is 21.0 Å². The normalized spacial score (nSPS) is 10.2. The fraction of sp³-hybridized carbons (Fsp3) is 0.500. The number of likely N-dealkylation sites (N-methyl/N-ethyl adjacent to an activating group) is 2. The lowest BCUT2D eigenvalue weighted by molar-refractivity contribution is 0.0791. The number of thiophene rings is 1. The highest BCUT2D eigenvalue weighted by molar-refractivity contribution is 7.14. The number of hydrogen-bond donors (Lipinski definition) is 1. The lowest BCUT2D eigenvalue weighted by Gasteiger charge is -2.18. The first kappa shape index (κ1) is 15.7. The lowest BCUT2D eigenvalue weighted by atomic mass is 10.3. The maximum atomic E-state index is 12.1. The molecule has 0 aliphatic carbocycles. The second-order valence-electron chi connectivity index (χ2n) is 4.47. The van der Waals surface area contributed by atoms with Crippen molar-refractivity contribution in [3.63, 3.8) is 0 Å². The van der Waals surface area contributed by atoms with E-state index >= 15 is 0 Å². The van der Waals surface area contributed by atoms with E-state index in [0.29, 0.717) is 17.8 Å². The summed E-state index contributed by atoms with van der Waals surface area (Å²) in [5.41, 5.74) is 0. The van der Waals surface area contributed by atoms with Crippen molar-refractivity contribution in [2.24, 2.45) is 0 Å². The second kappa shape index (κ2) is 7.95. The smallest absolute Gasteiger partial charge is 0.263 e. The number of rotatable bonds is 5. The number of aliphatic hydroxyl groups excluding tert-OH is 1. The standard InChI is InChI=1S/C14H20N2O2S/c1-15(2)9-10-16(3)14(18)13-8-7-12(19-13)6-4-5-11-17/h7-8,17H,5,9-11H2,1-3H3. The largest absolute Gasteiger partial charge is 0.395 e. The topological polar surface area (TPSA) is 43.8 Å². The van der Waals surface area contributed by atoms with Crippen molar-refractivity contribution < 1.29 is 9.90 Å². The Bertz CT molecular complexity index is 471. The number of hydrogen-bond acceptors (Lipinski definition) is 4. The summed E-state index contributed by atoms with van der Waals surface area (Å²) in [6.45, 7) is 1.61. The SMILES string of the molecule is CN(C)CCN(C)C(=O)c1ccc(C#CCCO)s1. The minimum Gasteiger partial charge on any atom is -0.395 e. The van der Waals surface area contributed by atoms with Crippen LogP contribution in [-0.2, 0) is 0 Å². The third-order valence-electron chi connectivity index (χ3n) is 2.49. The van der Waals surface area contributed by atoms with Crippen molar-refractivity contribution in [2.45, 2.75) is 6.42 Å². The van der Waals surface area contributed by atoms with Crippen molar-refractivity contribution in [3.05, 3.63) is 21.9 Å². The molecule has 1 aromatic heterocycles. The molecule has 0 radical (unpaired) electrons. The molecule has 104 valence electrons. The molecule has 0 aromatic carbocycles. The Morgan fingerprint density at radius 3 is 2.68 bits per heavy atom. The molecule has 1 N–H and O–H groups in total. The first-order valence-electron chi connectivity index (χ1n) is 6.14. The van der Waals surface area contributed by atoms with Crippen LogP contribution in [-0.4, -0.2) is 61.7 Å². The van der Waals surface area contributed by atoms with Gasteiger partial charge in [0.15, 0.2) is 0 Å². The molecule has 1 rings (SSSR count). The third-order valence-corrected chi connectivity index (χ3v) is 3.48. The summed E-state index contributed by atoms with van der Waals surface area (Å²) in [5, 5.41) is 8.65. The zero-order chi connectivity index (χ0) is 14.3. The quantitative estimate of drug-likeness (QED) is 0.822. The fourth-order valence-corrected chi connectivity index (χ4v) is 2.24. The van der Waals surface area contributed by atoms with Crippen LogP contribution in [0.3, 0.4) is 0 Å². The third kappa shape index (κ3) is 5.43. The number of amides is 1. The van der Waals surface area contributed by atoms with Crippen molar-refractivity contribution in [1.82, 2.24) is 9.80 Å². The highest BCUT2D eigenvalue weighted by Crippen LogP contribution is 2.17. The Hall–Kier alpha value is -1.35. The minimum absolute atomic E-state index is 0.0297. The van der Waals surface area contributed by atoms with E-state index in [1.807, 2.05) is 38.2 Å². The maximum absolute atomic E-state index is 12.1. The summed E-state index contributed by atoms with van der Waals surface area (Å²) in [6.07, 6.45) is 0.462. The molecule has 0 aliphatic heterocycles. The van der Waals surface area contributed by atoms with Gasteiger partial charge in [-0.25, -0.2) is 0 Å². The van der Waals surface area contributed by atoms with Crippen molar-refractivity contribution >= 4 is 17.2 Å². The molecule has 0 aliphatic rings. The van der Waals surface area contributed by atoms with E-state index in [4.69, 9.17) is 5.11 Å². The van der Waals surface area contributed by atoms with E-state index in [0.717, 1.165) is 11.4 Å². The van der Waals surface area contributed by atoms with Gasteiger partial charge < -0.3 is 14.9 Å². The monoisotopic (exact) mass is 280 g/mol. The first-order chi connectivity index (χ1) is 9.04. The molecule has 1 aromatic rings. The zero-order valence-electron chi connectivity index (χ0n) is 11.6. The summed E-state index contributed by atoms with van der Waals surface area (Å²) >= 11 is 1.39. The van der Waals surface area contributed by atoms with Crippen molar-refractivity contribution in [1.29, 1.82) is 0 Å². The molecule has 0 saturated heterocycles. The van der Waals surface area contributed by atoms with E-state index in [2.05, 4.69) is 11.8 Å². The van der Waals surface area contributed by atoms with E-state index in [-0.39, 0.29) is 12.5 Å². The number of nitrogens with zero attached hydrogens (tertiary/aromatic N) is 2. The summed E-state index contributed by atoms with van der Waals surface area (Å²) in [5.74, 6) is 5.82. The van der Waals surface area contributed by atoms with Gasteiger partial charge in [-0.15, -0.1) is 11.3 Å². The van der Waals surface area contributed by atoms with Crippen LogP contribution in [0.4, 0.5) is 0 Å². The van der Waals surface area contributed by atoms with Gasteiger partial charge >= 0.3 is 0 Å². The second-order valence-corrected chi connectivity index (χ2v) is 5.55. The van der Waals surface area contributed by atoms with Gasteiger partial charge in [-0.3, -0.25) is 4.79 Å². The Morgan fingerprint density at radius 2 is 2.05 bits per heavy atom. The molecule has 1 heterocycles. The van der Waals surface area contributed by atoms with E-state index in [9.17, 15) is 4.79 Å². The Morgan fingerprint density at radius 1 is 1.32 bits per heavy atom. The van der Waals surface area contributed by atoms with Crippen LogP contribution in [0.25, 0.3) is 0 Å². The van der Waals surface area contributed by atoms with Crippen LogP contribution in [0, 0.1) is 11.8 Å². The van der Waals surface area contributed by atoms with Crippen LogP contribution in [0.15, 0.2) is 12.1 Å². The fourth-order valence-electron chi connectivity index (χ4n) is 1.37. The van der Waals surface area contributed by atoms with E-state index in [1.165, 1.54) is 11.3 Å². The number of aliphatic hydroxyl groups is 1. The van der Waals surface area contributed by atoms with Gasteiger partial charge in [-0.05, 0) is 26.2 Å². The van der Waals surface area contributed by atoms with Gasteiger partial charge in [-0.2, -0.15) is 0 Å². The first-order valence-corrected chi connectivity index (χ1v) is 6.96. The summed E-state index contributed by atoms with van der Waals surface area (Å²) in [6, 6.07) is 3.66. The molecule has 0 bridgehead atoms. The Balaban J connectivity index is 2.60. The Kier molecular flexibility index (Phi) is 6.57. The molecule has 1 amide bonds. The van der Waals surface area contributed by atoms with Crippen LogP contribution >= 0.6 is 11.3 Å². The van der Waals surface area contributed by atoms with Gasteiger partial charge in [-0.1, -0.05) is 11.8 Å². The molecule has 0 spiro atoms. The molecule has 0 saturated carbocycles. The lowest BCUT2D eigenvalue weighted by Crippen LogP contribution is -2.33. The van der Waals surface area contributed by atoms with Gasteiger partial charge in [0.25, 0.3) is 5.91 Å². The number of carbonyl (C=O) groups is 1. The number of carbonyl (C=O) groups excluding carboxylic acids is 1. The maximum Gasteiger partial charge on any atom is 0.263 e. The van der Waals surface area contributed by atoms with E-state index in [1.54, 1.807) is 4.90 Å². The van der Waals surface area contributed by atoms with Gasteiger partial charge in [0, 0.05) is 26.6 Å². The zero-order valence-corrected chi connectivity index (χ0v) is 12.5. The summed E-state index contributed by atoms with van der Waals surface area (Å²) in [4.78, 5) is 17.5. The van der Waals surface area contributed by atoms with Crippen LogP contribution < -0.4 is 0 Å². The summed E-state index contributed by atoms with van der Waals surface area (Å²) in [7, 11) is 5.78. The van der Waals surface area contributed by atoms with Gasteiger partial charge in [0.2, 0.25) is 0 Å². The highest BCUT2D eigenvalue weighted by atomic mass is 32.1. The molecular formula is C14H20N2O2S. The molecular weight excluding hydrogens is 260 g/mol. The van der Waals surface area contributed by atoms with Gasteiger partial charge in [0.05, 0.1) is 16.4 Å². The Labute approximate surface area is 118 Å². The molecule has 19 heavy (non-hydrogen) atoms. The van der Waals surface area contributed by atoms with Crippen LogP contribution in [0.5, 0.6) is 0 Å². The average Bonchev–Trinajstić information content (AvgIpc) is 2.84. The van der Waals surface area contributed by atoms with Crippen LogP contribution in [0.2, 0.25) is 0 Å².